The minimum Gasteiger partial charge on any atom is -0.355 e. The Balaban J connectivity index is 1.54. The molecule has 1 heterocycles. The molecule has 2 aliphatic rings. The van der Waals surface area contributed by atoms with Crippen LogP contribution in [0, 0.1) is 5.92 Å². The molecule has 0 spiro atoms. The van der Waals surface area contributed by atoms with Gasteiger partial charge >= 0.3 is 0 Å². The first-order chi connectivity index (χ1) is 7.36. The molecule has 0 radical (unpaired) electrons. The van der Waals surface area contributed by atoms with Crippen LogP contribution >= 0.6 is 0 Å². The highest BCUT2D eigenvalue weighted by atomic mass is 16.2. The van der Waals surface area contributed by atoms with Crippen LogP contribution in [0.2, 0.25) is 0 Å². The van der Waals surface area contributed by atoms with Crippen LogP contribution in [0.4, 0.5) is 0 Å². The lowest BCUT2D eigenvalue weighted by Gasteiger charge is -2.22. The zero-order valence-corrected chi connectivity index (χ0v) is 9.43. The van der Waals surface area contributed by atoms with Gasteiger partial charge < -0.3 is 10.6 Å². The normalized spacial score (nSPS) is 26.3. The lowest BCUT2D eigenvalue weighted by molar-refractivity contribution is -0.123. The van der Waals surface area contributed by atoms with Gasteiger partial charge in [-0.2, -0.15) is 0 Å². The molecule has 1 saturated heterocycles. The van der Waals surface area contributed by atoms with E-state index in [1.165, 1.54) is 32.1 Å². The molecule has 3 nitrogen and oxygen atoms in total. The Morgan fingerprint density at radius 1 is 1.27 bits per heavy atom. The summed E-state index contributed by atoms with van der Waals surface area (Å²) in [5, 5.41) is 6.30. The zero-order valence-electron chi connectivity index (χ0n) is 9.43. The van der Waals surface area contributed by atoms with Crippen LogP contribution in [-0.4, -0.2) is 25.0 Å². The van der Waals surface area contributed by atoms with Crippen molar-refractivity contribution in [2.24, 2.45) is 5.92 Å². The number of piperidine rings is 1. The lowest BCUT2D eigenvalue weighted by Crippen LogP contribution is -2.46. The summed E-state index contributed by atoms with van der Waals surface area (Å²) in [6.45, 7) is 1.87. The second-order valence-corrected chi connectivity index (χ2v) is 4.88. The van der Waals surface area contributed by atoms with Crippen molar-refractivity contribution in [3.8, 4) is 0 Å². The Morgan fingerprint density at radius 3 is 2.80 bits per heavy atom. The van der Waals surface area contributed by atoms with E-state index in [0.29, 0.717) is 0 Å². The van der Waals surface area contributed by atoms with Gasteiger partial charge in [0.15, 0.2) is 0 Å². The highest BCUT2D eigenvalue weighted by molar-refractivity contribution is 5.81. The molecule has 2 N–H and O–H groups in total. The molecular formula is C12H22N2O. The first-order valence-corrected chi connectivity index (χ1v) is 6.37. The zero-order chi connectivity index (χ0) is 10.5. The number of carbonyl (C=O) groups excluding carboxylic acids is 1. The Bertz CT molecular complexity index is 208. The van der Waals surface area contributed by atoms with Gasteiger partial charge in [0.1, 0.15) is 0 Å². The fourth-order valence-corrected chi connectivity index (χ4v) is 2.21. The third kappa shape index (κ3) is 3.82. The first-order valence-electron chi connectivity index (χ1n) is 6.37. The smallest absolute Gasteiger partial charge is 0.237 e. The van der Waals surface area contributed by atoms with Crippen LogP contribution in [0.5, 0.6) is 0 Å². The molecule has 0 unspecified atom stereocenters. The van der Waals surface area contributed by atoms with Crippen LogP contribution in [-0.2, 0) is 4.79 Å². The van der Waals surface area contributed by atoms with E-state index in [2.05, 4.69) is 10.6 Å². The quantitative estimate of drug-likeness (QED) is 0.674. The summed E-state index contributed by atoms with van der Waals surface area (Å²) in [4.78, 5) is 11.7. The molecule has 0 bridgehead atoms. The van der Waals surface area contributed by atoms with Gasteiger partial charge in [0.25, 0.3) is 0 Å². The summed E-state index contributed by atoms with van der Waals surface area (Å²) < 4.78 is 0. The topological polar surface area (TPSA) is 41.1 Å². The van der Waals surface area contributed by atoms with E-state index < -0.39 is 0 Å². The molecule has 1 atom stereocenters. The third-order valence-electron chi connectivity index (χ3n) is 3.41. The number of rotatable bonds is 5. The second kappa shape index (κ2) is 5.50. The van der Waals surface area contributed by atoms with Crippen molar-refractivity contribution in [1.29, 1.82) is 0 Å². The van der Waals surface area contributed by atoms with Gasteiger partial charge in [0.05, 0.1) is 6.04 Å². The van der Waals surface area contributed by atoms with Crippen molar-refractivity contribution in [2.75, 3.05) is 13.1 Å². The van der Waals surface area contributed by atoms with Crippen molar-refractivity contribution in [3.05, 3.63) is 0 Å². The predicted octanol–water partition coefficient (Wildman–Crippen LogP) is 1.43. The molecule has 0 aromatic carbocycles. The van der Waals surface area contributed by atoms with Crippen LogP contribution < -0.4 is 10.6 Å². The standard InChI is InChI=1S/C12H22N2O/c15-12(11-5-1-2-8-13-11)14-9-3-4-10-6-7-10/h10-11,13H,1-9H2,(H,14,15)/t11-/m0/s1. The van der Waals surface area contributed by atoms with E-state index in [9.17, 15) is 4.79 Å². The van der Waals surface area contributed by atoms with Gasteiger partial charge in [0, 0.05) is 6.54 Å². The van der Waals surface area contributed by atoms with E-state index in [4.69, 9.17) is 0 Å². The summed E-state index contributed by atoms with van der Waals surface area (Å²) in [5.74, 6) is 1.19. The van der Waals surface area contributed by atoms with Crippen molar-refractivity contribution < 1.29 is 4.79 Å². The van der Waals surface area contributed by atoms with Gasteiger partial charge in [0.2, 0.25) is 5.91 Å². The highest BCUT2D eigenvalue weighted by Gasteiger charge is 2.21. The molecule has 1 saturated carbocycles. The van der Waals surface area contributed by atoms with Gasteiger partial charge in [-0.1, -0.05) is 19.3 Å². The number of nitrogens with one attached hydrogen (secondary N) is 2. The van der Waals surface area contributed by atoms with Crippen molar-refractivity contribution in [3.63, 3.8) is 0 Å². The van der Waals surface area contributed by atoms with Gasteiger partial charge in [-0.3, -0.25) is 4.79 Å². The molecule has 0 aromatic rings. The van der Waals surface area contributed by atoms with Crippen LogP contribution in [0.1, 0.15) is 44.9 Å². The van der Waals surface area contributed by atoms with E-state index >= 15 is 0 Å². The van der Waals surface area contributed by atoms with E-state index in [1.54, 1.807) is 0 Å². The molecule has 86 valence electrons. The number of amides is 1. The van der Waals surface area contributed by atoms with Gasteiger partial charge in [-0.05, 0) is 38.1 Å². The predicted molar refractivity (Wildman–Crippen MR) is 60.6 cm³/mol. The van der Waals surface area contributed by atoms with Gasteiger partial charge in [-0.25, -0.2) is 0 Å². The molecule has 0 aromatic heterocycles. The average Bonchev–Trinajstić information content (AvgIpc) is 3.09. The Kier molecular flexibility index (Phi) is 4.01. The first kappa shape index (κ1) is 10.9. The fraction of sp³-hybridized carbons (Fsp3) is 0.917. The molecule has 1 amide bonds. The number of hydrogen-bond donors (Lipinski definition) is 2. The number of carbonyl (C=O) groups is 1. The minimum absolute atomic E-state index is 0.0830. The maximum Gasteiger partial charge on any atom is 0.237 e. The summed E-state index contributed by atoms with van der Waals surface area (Å²) >= 11 is 0. The van der Waals surface area contributed by atoms with Crippen molar-refractivity contribution in [2.45, 2.75) is 51.0 Å². The van der Waals surface area contributed by atoms with E-state index in [1.807, 2.05) is 0 Å². The maximum atomic E-state index is 11.7. The van der Waals surface area contributed by atoms with Crippen molar-refractivity contribution >= 4 is 5.91 Å². The molecule has 15 heavy (non-hydrogen) atoms. The maximum absolute atomic E-state index is 11.7. The third-order valence-corrected chi connectivity index (χ3v) is 3.41. The van der Waals surface area contributed by atoms with E-state index in [-0.39, 0.29) is 11.9 Å². The molecule has 1 aliphatic heterocycles. The molecule has 3 heteroatoms. The second-order valence-electron chi connectivity index (χ2n) is 4.88. The summed E-state index contributed by atoms with van der Waals surface area (Å²) in [7, 11) is 0. The Hall–Kier alpha value is -0.570. The van der Waals surface area contributed by atoms with Crippen LogP contribution in [0.15, 0.2) is 0 Å². The lowest BCUT2D eigenvalue weighted by atomic mass is 10.0. The molecule has 2 fully saturated rings. The Labute approximate surface area is 92.0 Å². The van der Waals surface area contributed by atoms with E-state index in [0.717, 1.165) is 31.8 Å². The summed E-state index contributed by atoms with van der Waals surface area (Å²) in [5.41, 5.74) is 0. The monoisotopic (exact) mass is 210 g/mol. The van der Waals surface area contributed by atoms with Crippen LogP contribution in [0.25, 0.3) is 0 Å². The largest absolute Gasteiger partial charge is 0.355 e. The minimum atomic E-state index is 0.0830. The Morgan fingerprint density at radius 2 is 2.13 bits per heavy atom. The van der Waals surface area contributed by atoms with Crippen molar-refractivity contribution in [1.82, 2.24) is 10.6 Å². The molecule has 2 rings (SSSR count). The summed E-state index contributed by atoms with van der Waals surface area (Å²) in [6.07, 6.45) is 8.70. The fourth-order valence-electron chi connectivity index (χ4n) is 2.21. The summed E-state index contributed by atoms with van der Waals surface area (Å²) in [6, 6.07) is 0.0830. The average molecular weight is 210 g/mol. The van der Waals surface area contributed by atoms with Crippen LogP contribution in [0.3, 0.4) is 0 Å². The number of hydrogen-bond acceptors (Lipinski definition) is 2. The molecular weight excluding hydrogens is 188 g/mol. The SMILES string of the molecule is O=C(NCCCC1CC1)[C@@H]1CCCCN1. The van der Waals surface area contributed by atoms with Gasteiger partial charge in [-0.15, -0.1) is 0 Å². The molecule has 1 aliphatic carbocycles. The highest BCUT2D eigenvalue weighted by Crippen LogP contribution is 2.33.